The molecule has 0 saturated carbocycles. The van der Waals surface area contributed by atoms with Gasteiger partial charge in [0.05, 0.1) is 0 Å². The predicted molar refractivity (Wildman–Crippen MR) is 44.9 cm³/mol. The molecule has 0 radical (unpaired) electrons. The van der Waals surface area contributed by atoms with Crippen molar-refractivity contribution in [1.29, 1.82) is 0 Å². The molecule has 0 saturated heterocycles. The second kappa shape index (κ2) is 11.8. The molecule has 1 N–H and O–H groups in total. The van der Waals surface area contributed by atoms with Crippen molar-refractivity contribution in [2.24, 2.45) is 0 Å². The van der Waals surface area contributed by atoms with E-state index in [0.717, 1.165) is 0 Å². The van der Waals surface area contributed by atoms with E-state index in [0.29, 0.717) is 0 Å². The minimum Gasteiger partial charge on any atom is -1.00 e. The summed E-state index contributed by atoms with van der Waals surface area (Å²) in [5.74, 6) is -0.935. The van der Waals surface area contributed by atoms with Crippen LogP contribution in [-0.4, -0.2) is 48.8 Å². The molecule has 0 aromatic heterocycles. The monoisotopic (exact) mass is 200 g/mol. The molecule has 0 rings (SSSR count). The van der Waals surface area contributed by atoms with Crippen LogP contribution in [0.4, 0.5) is 0 Å². The maximum Gasteiger partial charge on any atom is 2.00 e. The Bertz CT molecular complexity index is 90.1. The number of carboxylic acids is 1. The van der Waals surface area contributed by atoms with E-state index in [4.69, 9.17) is 5.11 Å². The van der Waals surface area contributed by atoms with Gasteiger partial charge in [-0.15, -0.1) is 24.8 Å². The van der Waals surface area contributed by atoms with Crippen molar-refractivity contribution in [2.75, 3.05) is 0 Å². The molecule has 54 valence electrons. The van der Waals surface area contributed by atoms with Crippen LogP contribution in [0.3, 0.4) is 0 Å². The largest absolute Gasteiger partial charge is 2.00 e. The van der Waals surface area contributed by atoms with E-state index in [1.54, 1.807) is 0 Å². The maximum absolute atomic E-state index is 9.60. The third kappa shape index (κ3) is 17.6. The second-order valence-electron chi connectivity index (χ2n) is 1.09. The Labute approximate surface area is 99.5 Å². The molecule has 0 amide bonds. The van der Waals surface area contributed by atoms with E-state index in [-0.39, 0.29) is 71.0 Å². The molecule has 0 fully saturated rings. The summed E-state index contributed by atoms with van der Waals surface area (Å²) in [4.78, 5) is 9.60. The van der Waals surface area contributed by atoms with Crippen LogP contribution in [-0.2, 0) is 4.79 Å². The second-order valence-corrected chi connectivity index (χ2v) is 1.09. The fourth-order valence-corrected chi connectivity index (χ4v) is 0. The van der Waals surface area contributed by atoms with Crippen LogP contribution in [0, 0.1) is 0 Å². The number of carbonyl (C=O) groups is 1. The Hall–Kier alpha value is 1.05. The zero-order valence-electron chi connectivity index (χ0n) is 7.09. The number of carboxylic acid groups (broad SMARTS) is 1. The Morgan fingerprint density at radius 1 is 1.56 bits per heavy atom. The van der Waals surface area contributed by atoms with Gasteiger partial charge in [0.15, 0.2) is 0 Å². The molecule has 9 heavy (non-hydrogen) atoms. The summed E-state index contributed by atoms with van der Waals surface area (Å²) in [5.41, 5.74) is 0.176. The van der Waals surface area contributed by atoms with E-state index in [1.807, 2.05) is 0 Å². The summed E-state index contributed by atoms with van der Waals surface area (Å²) in [6, 6.07) is 0. The van der Waals surface area contributed by atoms with Crippen molar-refractivity contribution in [1.82, 2.24) is 0 Å². The van der Waals surface area contributed by atoms with Gasteiger partial charge in [-0.3, -0.25) is 0 Å². The fraction of sp³-hybridized carbons (Fsp3) is 0.250. The smallest absolute Gasteiger partial charge is 1.00 e. The summed E-state index contributed by atoms with van der Waals surface area (Å²) in [6.07, 6.45) is 0. The number of hydrogen-bond acceptors (Lipinski definition) is 1. The molecule has 0 aliphatic heterocycles. The molecule has 0 bridgehead atoms. The molecular weight excluding hydrogens is 191 g/mol. The molecule has 0 unspecified atom stereocenters. The van der Waals surface area contributed by atoms with E-state index in [1.165, 1.54) is 6.92 Å². The summed E-state index contributed by atoms with van der Waals surface area (Å²) >= 11 is 0. The van der Waals surface area contributed by atoms with Crippen molar-refractivity contribution in [3.8, 4) is 0 Å². The van der Waals surface area contributed by atoms with Gasteiger partial charge < -0.3 is 7.96 Å². The number of aliphatic carboxylic acids is 1. The topological polar surface area (TPSA) is 37.3 Å². The van der Waals surface area contributed by atoms with Crippen LogP contribution >= 0.6 is 24.8 Å². The van der Waals surface area contributed by atoms with E-state index >= 15 is 0 Å². The molecule has 5 heteroatoms. The molecule has 0 aromatic rings. The molecule has 0 aliphatic rings. The van der Waals surface area contributed by atoms with Crippen LogP contribution < -0.4 is 0 Å². The van der Waals surface area contributed by atoms with Crippen LogP contribution in [0.5, 0.6) is 0 Å². The van der Waals surface area contributed by atoms with E-state index in [9.17, 15) is 4.79 Å². The van der Waals surface area contributed by atoms with Gasteiger partial charge in [-0.1, -0.05) is 6.58 Å². The average molecular weight is 201 g/mol. The van der Waals surface area contributed by atoms with Gasteiger partial charge >= 0.3 is 43.7 Å². The third-order valence-corrected chi connectivity index (χ3v) is 0.365. The van der Waals surface area contributed by atoms with Gasteiger partial charge in [-0.25, -0.2) is 4.79 Å². The summed E-state index contributed by atoms with van der Waals surface area (Å²) < 4.78 is 0. The molecule has 0 spiro atoms. The minimum atomic E-state index is -0.935. The van der Waals surface area contributed by atoms with Crippen molar-refractivity contribution < 1.29 is 12.8 Å². The first-order chi connectivity index (χ1) is 2.64. The van der Waals surface area contributed by atoms with Crippen molar-refractivity contribution in [3.63, 3.8) is 0 Å². The molecule has 0 atom stereocenters. The molecule has 2 nitrogen and oxygen atoms in total. The Morgan fingerprint density at radius 3 is 1.67 bits per heavy atom. The number of rotatable bonds is 1. The third-order valence-electron chi connectivity index (χ3n) is 0.365. The van der Waals surface area contributed by atoms with Crippen LogP contribution in [0.2, 0.25) is 0 Å². The zero-order valence-corrected chi connectivity index (χ0v) is 8.93. The van der Waals surface area contributed by atoms with Gasteiger partial charge in [0.2, 0.25) is 0 Å². The fourth-order valence-electron chi connectivity index (χ4n) is 0. The molecule has 0 heterocycles. The van der Waals surface area contributed by atoms with Gasteiger partial charge in [0.25, 0.3) is 0 Å². The van der Waals surface area contributed by atoms with E-state index in [2.05, 4.69) is 6.58 Å². The zero-order chi connectivity index (χ0) is 5.15. The normalized spacial score (nSPS) is 5.00. The van der Waals surface area contributed by atoms with Crippen molar-refractivity contribution in [2.45, 2.75) is 6.92 Å². The number of halogens is 2. The van der Waals surface area contributed by atoms with Crippen LogP contribution in [0.25, 0.3) is 0 Å². The van der Waals surface area contributed by atoms with Crippen molar-refractivity contribution in [3.05, 3.63) is 12.2 Å². The Kier molecular flexibility index (Phi) is 29.5. The average Bonchev–Trinajstić information content (AvgIpc) is 1.36. The van der Waals surface area contributed by atoms with Gasteiger partial charge in [-0.2, -0.15) is 0 Å². The summed E-state index contributed by atoms with van der Waals surface area (Å²) in [7, 11) is 0. The van der Waals surface area contributed by atoms with Gasteiger partial charge in [0.1, 0.15) is 0 Å². The van der Waals surface area contributed by atoms with Crippen molar-refractivity contribution >= 4 is 68.5 Å². The molecule has 0 aromatic carbocycles. The van der Waals surface area contributed by atoms with Gasteiger partial charge in [0, 0.05) is 5.57 Å². The summed E-state index contributed by atoms with van der Waals surface area (Å²) in [5, 5.41) is 7.89. The maximum atomic E-state index is 9.60. The Balaban J connectivity index is -0.0000000125. The van der Waals surface area contributed by atoms with E-state index < -0.39 is 5.97 Å². The molecule has 0 aliphatic carbocycles. The van der Waals surface area contributed by atoms with Crippen LogP contribution in [0.1, 0.15) is 9.78 Å². The standard InChI is InChI=1S/C4H6O2.Ca.2ClH.2H/c1-3(2)4(5)6;;;;;/h1H2,2H3,(H,5,6);;2*1H;;/q;+2;;;2*-1. The predicted octanol–water partition coefficient (Wildman–Crippen LogP) is 1.33. The minimum absolute atomic E-state index is 0. The van der Waals surface area contributed by atoms with Gasteiger partial charge in [-0.05, 0) is 6.92 Å². The SMILES string of the molecule is C=C(C)C(=O)O.Cl.Cl.[Ca+2].[H-].[H-]. The first-order valence-electron chi connectivity index (χ1n) is 1.53. The van der Waals surface area contributed by atoms with Crippen LogP contribution in [0.15, 0.2) is 12.2 Å². The summed E-state index contributed by atoms with van der Waals surface area (Å²) in [6.45, 7) is 4.60. The first kappa shape index (κ1) is 22.5. The quantitative estimate of drug-likeness (QED) is 0.513. The molecular formula is C4H10CaCl2O2. The number of hydrogen-bond donors (Lipinski definition) is 1. The Morgan fingerprint density at radius 2 is 1.67 bits per heavy atom. The first-order valence-corrected chi connectivity index (χ1v) is 1.53.